The Kier molecular flexibility index (Phi) is 3.53. The van der Waals surface area contributed by atoms with Gasteiger partial charge in [-0.2, -0.15) is 0 Å². The lowest BCUT2D eigenvalue weighted by molar-refractivity contribution is 0.506. The summed E-state index contributed by atoms with van der Waals surface area (Å²) in [5, 5.41) is 3.47. The third-order valence-electron chi connectivity index (χ3n) is 2.67. The smallest absolute Gasteiger partial charge is 0.0701 e. The molecule has 1 nitrogen and oxygen atoms in total. The summed E-state index contributed by atoms with van der Waals surface area (Å²) in [6, 6.07) is 4.25. The molecule has 4 heteroatoms. The third-order valence-corrected chi connectivity index (χ3v) is 4.86. The van der Waals surface area contributed by atoms with Gasteiger partial charge in [-0.1, -0.05) is 0 Å². The standard InChI is InChI=1S/C10H13BrClNS/c11-9-2-1-8(14-9)5-13-7-10(6-12)3-4-10/h1-2,13H,3-7H2. The van der Waals surface area contributed by atoms with Crippen molar-refractivity contribution in [1.82, 2.24) is 5.32 Å². The molecule has 0 amide bonds. The van der Waals surface area contributed by atoms with Crippen LogP contribution in [0.15, 0.2) is 15.9 Å². The molecule has 1 N–H and O–H groups in total. The van der Waals surface area contributed by atoms with E-state index in [9.17, 15) is 0 Å². The summed E-state index contributed by atoms with van der Waals surface area (Å²) in [4.78, 5) is 1.38. The van der Waals surface area contributed by atoms with Gasteiger partial charge in [-0.3, -0.25) is 0 Å². The van der Waals surface area contributed by atoms with E-state index >= 15 is 0 Å². The molecule has 0 saturated heterocycles. The zero-order chi connectivity index (χ0) is 10.0. The Morgan fingerprint density at radius 1 is 1.50 bits per heavy atom. The topological polar surface area (TPSA) is 12.0 Å². The van der Waals surface area contributed by atoms with Gasteiger partial charge < -0.3 is 5.32 Å². The Morgan fingerprint density at radius 2 is 2.29 bits per heavy atom. The number of thiophene rings is 1. The highest BCUT2D eigenvalue weighted by molar-refractivity contribution is 9.11. The van der Waals surface area contributed by atoms with Crippen LogP contribution in [0.5, 0.6) is 0 Å². The van der Waals surface area contributed by atoms with Gasteiger partial charge in [0.1, 0.15) is 0 Å². The van der Waals surface area contributed by atoms with Crippen LogP contribution in [0.4, 0.5) is 0 Å². The second-order valence-electron chi connectivity index (χ2n) is 3.94. The molecule has 1 aliphatic rings. The predicted molar refractivity (Wildman–Crippen MR) is 66.1 cm³/mol. The molecule has 14 heavy (non-hydrogen) atoms. The van der Waals surface area contributed by atoms with E-state index in [0.29, 0.717) is 5.41 Å². The molecular formula is C10H13BrClNS. The number of hydrogen-bond acceptors (Lipinski definition) is 2. The number of alkyl halides is 1. The first-order valence-electron chi connectivity index (χ1n) is 4.75. The fraction of sp³-hybridized carbons (Fsp3) is 0.600. The van der Waals surface area contributed by atoms with Crippen molar-refractivity contribution in [2.75, 3.05) is 12.4 Å². The average Bonchev–Trinajstić information content (AvgIpc) is 2.84. The van der Waals surface area contributed by atoms with Crippen molar-refractivity contribution < 1.29 is 0 Å². The third kappa shape index (κ3) is 2.72. The quantitative estimate of drug-likeness (QED) is 0.818. The van der Waals surface area contributed by atoms with E-state index in [1.165, 1.54) is 21.5 Å². The van der Waals surface area contributed by atoms with Crippen LogP contribution >= 0.6 is 38.9 Å². The van der Waals surface area contributed by atoms with E-state index in [1.807, 2.05) is 0 Å². The minimum absolute atomic E-state index is 0.427. The molecule has 78 valence electrons. The van der Waals surface area contributed by atoms with Crippen LogP contribution in [0.3, 0.4) is 0 Å². The summed E-state index contributed by atoms with van der Waals surface area (Å²) in [6.45, 7) is 2.03. The van der Waals surface area contributed by atoms with Crippen LogP contribution in [0.25, 0.3) is 0 Å². The first kappa shape index (κ1) is 10.9. The zero-order valence-electron chi connectivity index (χ0n) is 7.85. The number of hydrogen-bond donors (Lipinski definition) is 1. The van der Waals surface area contributed by atoms with Crippen LogP contribution in [0, 0.1) is 5.41 Å². The highest BCUT2D eigenvalue weighted by Crippen LogP contribution is 2.45. The van der Waals surface area contributed by atoms with E-state index < -0.39 is 0 Å². The Labute approximate surface area is 102 Å². The molecule has 1 aliphatic carbocycles. The molecule has 0 bridgehead atoms. The number of halogens is 2. The first-order chi connectivity index (χ1) is 6.74. The molecule has 0 spiro atoms. The van der Waals surface area contributed by atoms with Gasteiger partial charge in [0.15, 0.2) is 0 Å². The van der Waals surface area contributed by atoms with E-state index in [0.717, 1.165) is 19.0 Å². The van der Waals surface area contributed by atoms with Gasteiger partial charge >= 0.3 is 0 Å². The second kappa shape index (κ2) is 4.52. The van der Waals surface area contributed by atoms with E-state index in [2.05, 4.69) is 33.4 Å². The van der Waals surface area contributed by atoms with Gasteiger partial charge in [-0.15, -0.1) is 22.9 Å². The lowest BCUT2D eigenvalue weighted by Gasteiger charge is -2.11. The van der Waals surface area contributed by atoms with Crippen molar-refractivity contribution in [2.24, 2.45) is 5.41 Å². The van der Waals surface area contributed by atoms with Gasteiger partial charge in [0.05, 0.1) is 3.79 Å². The van der Waals surface area contributed by atoms with Crippen LogP contribution in [-0.4, -0.2) is 12.4 Å². The number of nitrogens with one attached hydrogen (secondary N) is 1. The van der Waals surface area contributed by atoms with Crippen molar-refractivity contribution in [3.05, 3.63) is 20.8 Å². The Bertz CT molecular complexity index is 309. The van der Waals surface area contributed by atoms with Gasteiger partial charge in [-0.25, -0.2) is 0 Å². The summed E-state index contributed by atoms with van der Waals surface area (Å²) in [5.41, 5.74) is 0.427. The molecule has 1 aromatic rings. The summed E-state index contributed by atoms with van der Waals surface area (Å²) < 4.78 is 1.20. The summed E-state index contributed by atoms with van der Waals surface area (Å²) in [5.74, 6) is 0.800. The lowest BCUT2D eigenvalue weighted by Crippen LogP contribution is -2.24. The Balaban J connectivity index is 1.73. The minimum atomic E-state index is 0.427. The molecule has 1 heterocycles. The fourth-order valence-electron chi connectivity index (χ4n) is 1.43. The predicted octanol–water partition coefficient (Wildman–Crippen LogP) is 3.62. The van der Waals surface area contributed by atoms with Crippen LogP contribution in [-0.2, 0) is 6.54 Å². The maximum Gasteiger partial charge on any atom is 0.0701 e. The van der Waals surface area contributed by atoms with Crippen molar-refractivity contribution in [2.45, 2.75) is 19.4 Å². The van der Waals surface area contributed by atoms with Crippen LogP contribution in [0.2, 0.25) is 0 Å². The van der Waals surface area contributed by atoms with Crippen LogP contribution < -0.4 is 5.32 Å². The molecule has 2 rings (SSSR count). The average molecular weight is 295 g/mol. The summed E-state index contributed by atoms with van der Waals surface area (Å²) >= 11 is 11.1. The van der Waals surface area contributed by atoms with Gasteiger partial charge in [0.25, 0.3) is 0 Å². The molecule has 0 aromatic carbocycles. The van der Waals surface area contributed by atoms with E-state index in [4.69, 9.17) is 11.6 Å². The van der Waals surface area contributed by atoms with Crippen molar-refractivity contribution >= 4 is 38.9 Å². The SMILES string of the molecule is ClCC1(CNCc2ccc(Br)s2)CC1. The van der Waals surface area contributed by atoms with E-state index in [-0.39, 0.29) is 0 Å². The molecule has 0 unspecified atom stereocenters. The van der Waals surface area contributed by atoms with E-state index in [1.54, 1.807) is 11.3 Å². The maximum atomic E-state index is 5.90. The normalized spacial score (nSPS) is 18.4. The fourth-order valence-corrected chi connectivity index (χ4v) is 3.25. The van der Waals surface area contributed by atoms with Crippen molar-refractivity contribution in [3.8, 4) is 0 Å². The zero-order valence-corrected chi connectivity index (χ0v) is 11.0. The Hall–Kier alpha value is 0.430. The number of rotatable bonds is 5. The second-order valence-corrected chi connectivity index (χ2v) is 6.76. The first-order valence-corrected chi connectivity index (χ1v) is 6.89. The minimum Gasteiger partial charge on any atom is -0.311 e. The molecule has 1 fully saturated rings. The maximum absolute atomic E-state index is 5.90. The van der Waals surface area contributed by atoms with Crippen LogP contribution in [0.1, 0.15) is 17.7 Å². The van der Waals surface area contributed by atoms with Gasteiger partial charge in [0.2, 0.25) is 0 Å². The molecule has 0 atom stereocenters. The highest BCUT2D eigenvalue weighted by atomic mass is 79.9. The van der Waals surface area contributed by atoms with Crippen molar-refractivity contribution in [1.29, 1.82) is 0 Å². The molecule has 1 saturated carbocycles. The monoisotopic (exact) mass is 293 g/mol. The Morgan fingerprint density at radius 3 is 2.79 bits per heavy atom. The summed E-state index contributed by atoms with van der Waals surface area (Å²) in [7, 11) is 0. The lowest BCUT2D eigenvalue weighted by atomic mass is 10.1. The molecule has 0 radical (unpaired) electrons. The summed E-state index contributed by atoms with van der Waals surface area (Å²) in [6.07, 6.45) is 2.58. The van der Waals surface area contributed by atoms with Gasteiger partial charge in [0, 0.05) is 23.8 Å². The highest BCUT2D eigenvalue weighted by Gasteiger charge is 2.41. The largest absolute Gasteiger partial charge is 0.311 e. The molecule has 1 aromatic heterocycles. The van der Waals surface area contributed by atoms with Crippen molar-refractivity contribution in [3.63, 3.8) is 0 Å². The van der Waals surface area contributed by atoms with Gasteiger partial charge in [-0.05, 0) is 46.3 Å². The molecule has 0 aliphatic heterocycles. The molecular weight excluding hydrogens is 282 g/mol.